The molecule has 0 aliphatic heterocycles. The van der Waals surface area contributed by atoms with Crippen molar-refractivity contribution in [3.05, 3.63) is 18.5 Å². The Balaban J connectivity index is 1.63. The topological polar surface area (TPSA) is 64.3 Å². The van der Waals surface area contributed by atoms with Crippen molar-refractivity contribution in [3.8, 4) is 0 Å². The van der Waals surface area contributed by atoms with Crippen molar-refractivity contribution in [2.24, 2.45) is 5.92 Å². The number of aromatic nitrogens is 2. The van der Waals surface area contributed by atoms with Crippen molar-refractivity contribution < 1.29 is 14.6 Å². The van der Waals surface area contributed by atoms with Gasteiger partial charge in [-0.2, -0.15) is 5.10 Å². The molecule has 1 aliphatic carbocycles. The van der Waals surface area contributed by atoms with Gasteiger partial charge in [-0.25, -0.2) is 0 Å². The van der Waals surface area contributed by atoms with Crippen LogP contribution in [0.15, 0.2) is 18.5 Å². The summed E-state index contributed by atoms with van der Waals surface area (Å²) >= 11 is 0. The van der Waals surface area contributed by atoms with E-state index in [2.05, 4.69) is 5.10 Å². The minimum Gasteiger partial charge on any atom is -0.481 e. The van der Waals surface area contributed by atoms with Gasteiger partial charge in [-0.15, -0.1) is 0 Å². The number of carbonyl (C=O) groups is 1. The fourth-order valence-corrected chi connectivity index (χ4v) is 2.22. The molecule has 0 bridgehead atoms. The van der Waals surface area contributed by atoms with Crippen molar-refractivity contribution in [1.82, 2.24) is 9.78 Å². The molecule has 1 heterocycles. The lowest BCUT2D eigenvalue weighted by Crippen LogP contribution is -2.27. The average molecular weight is 238 g/mol. The summed E-state index contributed by atoms with van der Waals surface area (Å²) < 4.78 is 7.57. The van der Waals surface area contributed by atoms with Crippen LogP contribution in [-0.2, 0) is 16.1 Å². The van der Waals surface area contributed by atoms with Crippen LogP contribution in [0.5, 0.6) is 0 Å². The fourth-order valence-electron chi connectivity index (χ4n) is 2.22. The first-order chi connectivity index (χ1) is 8.25. The average Bonchev–Trinajstić information content (AvgIpc) is 2.83. The molecule has 0 unspecified atom stereocenters. The van der Waals surface area contributed by atoms with Crippen molar-refractivity contribution in [1.29, 1.82) is 0 Å². The van der Waals surface area contributed by atoms with Crippen molar-refractivity contribution in [3.63, 3.8) is 0 Å². The monoisotopic (exact) mass is 238 g/mol. The van der Waals surface area contributed by atoms with Gasteiger partial charge in [-0.3, -0.25) is 9.48 Å². The molecule has 5 heteroatoms. The van der Waals surface area contributed by atoms with Crippen LogP contribution in [0.2, 0.25) is 0 Å². The van der Waals surface area contributed by atoms with E-state index < -0.39 is 5.97 Å². The Morgan fingerprint density at radius 3 is 2.76 bits per heavy atom. The lowest BCUT2D eigenvalue weighted by atomic mass is 9.87. The van der Waals surface area contributed by atoms with Gasteiger partial charge >= 0.3 is 5.97 Å². The maximum atomic E-state index is 10.8. The molecule has 1 N–H and O–H groups in total. The minimum atomic E-state index is -0.667. The molecule has 1 aliphatic rings. The molecule has 0 saturated heterocycles. The van der Waals surface area contributed by atoms with E-state index >= 15 is 0 Å². The smallest absolute Gasteiger partial charge is 0.306 e. The van der Waals surface area contributed by atoms with E-state index in [4.69, 9.17) is 9.84 Å². The Hall–Kier alpha value is -1.36. The van der Waals surface area contributed by atoms with Gasteiger partial charge in [0, 0.05) is 12.4 Å². The number of carboxylic acids is 1. The fraction of sp³-hybridized carbons (Fsp3) is 0.667. The zero-order chi connectivity index (χ0) is 12.1. The Kier molecular flexibility index (Phi) is 4.14. The van der Waals surface area contributed by atoms with Crippen LogP contribution >= 0.6 is 0 Å². The third-order valence-electron chi connectivity index (χ3n) is 3.26. The molecule has 0 amide bonds. The molecule has 1 aromatic rings. The standard InChI is InChI=1S/C12H18N2O3/c15-12(16)10-2-4-11(5-3-10)17-9-8-14-7-1-6-13-14/h1,6-7,10-11H,2-5,8-9H2,(H,15,16). The third kappa shape index (κ3) is 3.56. The van der Waals surface area contributed by atoms with E-state index in [1.165, 1.54) is 0 Å². The minimum absolute atomic E-state index is 0.166. The number of hydrogen-bond donors (Lipinski definition) is 1. The molecule has 1 saturated carbocycles. The van der Waals surface area contributed by atoms with Gasteiger partial charge in [0.2, 0.25) is 0 Å². The Bertz CT molecular complexity index is 343. The zero-order valence-corrected chi connectivity index (χ0v) is 9.79. The highest BCUT2D eigenvalue weighted by Crippen LogP contribution is 2.26. The quantitative estimate of drug-likeness (QED) is 0.845. The third-order valence-corrected chi connectivity index (χ3v) is 3.26. The summed E-state index contributed by atoms with van der Waals surface area (Å²) in [5.74, 6) is -0.832. The summed E-state index contributed by atoms with van der Waals surface area (Å²) in [6.45, 7) is 1.40. The van der Waals surface area contributed by atoms with E-state index in [0.29, 0.717) is 6.61 Å². The van der Waals surface area contributed by atoms with Gasteiger partial charge < -0.3 is 9.84 Å². The second-order valence-corrected chi connectivity index (χ2v) is 4.45. The van der Waals surface area contributed by atoms with Crippen LogP contribution in [0.3, 0.4) is 0 Å². The molecule has 94 valence electrons. The summed E-state index contributed by atoms with van der Waals surface area (Å²) in [6, 6.07) is 1.89. The predicted molar refractivity (Wildman–Crippen MR) is 61.6 cm³/mol. The van der Waals surface area contributed by atoms with Crippen LogP contribution < -0.4 is 0 Å². The Morgan fingerprint density at radius 1 is 1.41 bits per heavy atom. The highest BCUT2D eigenvalue weighted by molar-refractivity contribution is 5.70. The zero-order valence-electron chi connectivity index (χ0n) is 9.79. The maximum Gasteiger partial charge on any atom is 0.306 e. The molecule has 17 heavy (non-hydrogen) atoms. The SMILES string of the molecule is O=C(O)C1CCC(OCCn2cccn2)CC1. The van der Waals surface area contributed by atoms with Gasteiger partial charge in [0.1, 0.15) is 0 Å². The molecule has 0 atom stereocenters. The van der Waals surface area contributed by atoms with Crippen LogP contribution in [0.4, 0.5) is 0 Å². The molecule has 1 fully saturated rings. The van der Waals surface area contributed by atoms with Gasteiger partial charge in [0.25, 0.3) is 0 Å². The number of nitrogens with zero attached hydrogens (tertiary/aromatic N) is 2. The predicted octanol–water partition coefficient (Wildman–Crippen LogP) is 1.54. The summed E-state index contributed by atoms with van der Waals surface area (Å²) in [5.41, 5.74) is 0. The number of aliphatic carboxylic acids is 1. The molecule has 0 radical (unpaired) electrons. The largest absolute Gasteiger partial charge is 0.481 e. The molecule has 2 rings (SSSR count). The first-order valence-electron chi connectivity index (χ1n) is 6.07. The summed E-state index contributed by atoms with van der Waals surface area (Å²) in [7, 11) is 0. The molecular formula is C12H18N2O3. The molecule has 5 nitrogen and oxygen atoms in total. The maximum absolute atomic E-state index is 10.8. The highest BCUT2D eigenvalue weighted by Gasteiger charge is 2.26. The van der Waals surface area contributed by atoms with Crippen LogP contribution in [0.1, 0.15) is 25.7 Å². The van der Waals surface area contributed by atoms with E-state index in [1.54, 1.807) is 6.20 Å². The molecule has 0 aromatic carbocycles. The van der Waals surface area contributed by atoms with Crippen molar-refractivity contribution in [2.45, 2.75) is 38.3 Å². The number of rotatable bonds is 5. The van der Waals surface area contributed by atoms with E-state index in [-0.39, 0.29) is 12.0 Å². The number of carboxylic acid groups (broad SMARTS) is 1. The normalized spacial score (nSPS) is 24.7. The van der Waals surface area contributed by atoms with Crippen LogP contribution in [0, 0.1) is 5.92 Å². The molecule has 1 aromatic heterocycles. The second-order valence-electron chi connectivity index (χ2n) is 4.45. The molecule has 0 spiro atoms. The number of ether oxygens (including phenoxy) is 1. The first-order valence-corrected chi connectivity index (χ1v) is 6.07. The van der Waals surface area contributed by atoms with E-state index in [9.17, 15) is 4.79 Å². The van der Waals surface area contributed by atoms with Gasteiger partial charge in [0.15, 0.2) is 0 Å². The van der Waals surface area contributed by atoms with Crippen LogP contribution in [-0.4, -0.2) is 33.6 Å². The van der Waals surface area contributed by atoms with Crippen molar-refractivity contribution in [2.75, 3.05) is 6.61 Å². The number of hydrogen-bond acceptors (Lipinski definition) is 3. The van der Waals surface area contributed by atoms with Gasteiger partial charge in [-0.1, -0.05) is 0 Å². The van der Waals surface area contributed by atoms with E-state index in [1.807, 2.05) is 16.9 Å². The Morgan fingerprint density at radius 2 is 2.18 bits per heavy atom. The van der Waals surface area contributed by atoms with E-state index in [0.717, 1.165) is 32.2 Å². The van der Waals surface area contributed by atoms with Gasteiger partial charge in [0.05, 0.1) is 25.2 Å². The highest BCUT2D eigenvalue weighted by atomic mass is 16.5. The summed E-state index contributed by atoms with van der Waals surface area (Å²) in [5, 5.41) is 13.0. The summed E-state index contributed by atoms with van der Waals surface area (Å²) in [6.07, 6.45) is 7.07. The van der Waals surface area contributed by atoms with Crippen LogP contribution in [0.25, 0.3) is 0 Å². The summed E-state index contributed by atoms with van der Waals surface area (Å²) in [4.78, 5) is 10.8. The first kappa shape index (κ1) is 12.1. The Labute approximate surface area is 100 Å². The second kappa shape index (κ2) is 5.82. The molecular weight excluding hydrogens is 220 g/mol. The lowest BCUT2D eigenvalue weighted by Gasteiger charge is -2.26. The van der Waals surface area contributed by atoms with Gasteiger partial charge in [-0.05, 0) is 31.7 Å². The lowest BCUT2D eigenvalue weighted by molar-refractivity contribution is -0.143. The van der Waals surface area contributed by atoms with Crippen molar-refractivity contribution >= 4 is 5.97 Å².